The van der Waals surface area contributed by atoms with Gasteiger partial charge in [0.05, 0.1) is 12.1 Å². The number of aromatic nitrogens is 3. The predicted molar refractivity (Wildman–Crippen MR) is 73.8 cm³/mol. The van der Waals surface area contributed by atoms with Crippen LogP contribution in [0.1, 0.15) is 12.5 Å². The molecule has 100 valence electrons. The summed E-state index contributed by atoms with van der Waals surface area (Å²) >= 11 is 5.72. The van der Waals surface area contributed by atoms with E-state index in [1.807, 2.05) is 37.3 Å². The molecule has 0 spiro atoms. The number of anilines is 2. The van der Waals surface area contributed by atoms with Gasteiger partial charge in [-0.3, -0.25) is 0 Å². The molecule has 0 amide bonds. The van der Waals surface area contributed by atoms with Gasteiger partial charge in [-0.05, 0) is 24.1 Å². The zero-order chi connectivity index (χ0) is 13.9. The number of nitrogens with one attached hydrogen (secondary N) is 1. The van der Waals surface area contributed by atoms with Crippen molar-refractivity contribution in [3.05, 3.63) is 41.2 Å². The Bertz CT molecular complexity index is 545. The van der Waals surface area contributed by atoms with Crippen molar-refractivity contribution in [2.24, 2.45) is 0 Å². The summed E-state index contributed by atoms with van der Waals surface area (Å²) in [6, 6.07) is 9.48. The molecule has 1 aromatic carbocycles. The fourth-order valence-electron chi connectivity index (χ4n) is 1.68. The first kappa shape index (κ1) is 13.5. The van der Waals surface area contributed by atoms with Crippen molar-refractivity contribution in [1.29, 1.82) is 0 Å². The van der Waals surface area contributed by atoms with E-state index in [2.05, 4.69) is 20.3 Å². The lowest BCUT2D eigenvalue weighted by atomic mass is 9.93. The van der Waals surface area contributed by atoms with Gasteiger partial charge in [-0.25, -0.2) is 0 Å². The SMILES string of the molecule is CC(CO)(Nc1nc(N)nc(Cl)n1)c1ccccc1. The van der Waals surface area contributed by atoms with Crippen LogP contribution in [0.3, 0.4) is 0 Å². The summed E-state index contributed by atoms with van der Waals surface area (Å²) in [5, 5.41) is 12.7. The Morgan fingerprint density at radius 2 is 1.95 bits per heavy atom. The lowest BCUT2D eigenvalue weighted by Gasteiger charge is -2.29. The second kappa shape index (κ2) is 5.38. The molecule has 1 aromatic heterocycles. The highest BCUT2D eigenvalue weighted by atomic mass is 35.5. The summed E-state index contributed by atoms with van der Waals surface area (Å²) in [7, 11) is 0. The lowest BCUT2D eigenvalue weighted by molar-refractivity contribution is 0.223. The summed E-state index contributed by atoms with van der Waals surface area (Å²) in [4.78, 5) is 11.6. The Morgan fingerprint density at radius 1 is 1.26 bits per heavy atom. The Labute approximate surface area is 115 Å². The maximum Gasteiger partial charge on any atom is 0.229 e. The number of hydrogen-bond acceptors (Lipinski definition) is 6. The van der Waals surface area contributed by atoms with Crippen molar-refractivity contribution in [3.8, 4) is 0 Å². The third-order valence-corrected chi connectivity index (χ3v) is 2.91. The minimum atomic E-state index is -0.738. The number of halogens is 1. The molecular weight excluding hydrogens is 266 g/mol. The van der Waals surface area contributed by atoms with Gasteiger partial charge in [0.25, 0.3) is 0 Å². The van der Waals surface area contributed by atoms with Crippen molar-refractivity contribution in [3.63, 3.8) is 0 Å². The highest BCUT2D eigenvalue weighted by Crippen LogP contribution is 2.24. The van der Waals surface area contributed by atoms with E-state index in [1.54, 1.807) is 0 Å². The van der Waals surface area contributed by atoms with Gasteiger partial charge >= 0.3 is 0 Å². The maximum absolute atomic E-state index is 9.64. The molecule has 0 aliphatic heterocycles. The highest BCUT2D eigenvalue weighted by Gasteiger charge is 2.26. The largest absolute Gasteiger partial charge is 0.394 e. The Balaban J connectivity index is 2.33. The normalized spacial score (nSPS) is 13.8. The van der Waals surface area contributed by atoms with E-state index in [9.17, 15) is 5.11 Å². The number of aliphatic hydroxyl groups excluding tert-OH is 1. The second-order valence-corrected chi connectivity index (χ2v) is 4.61. The molecule has 6 nitrogen and oxygen atoms in total. The Kier molecular flexibility index (Phi) is 3.82. The van der Waals surface area contributed by atoms with Gasteiger partial charge in [0.2, 0.25) is 17.2 Å². The lowest BCUT2D eigenvalue weighted by Crippen LogP contribution is -2.36. The topological polar surface area (TPSA) is 97.0 Å². The summed E-state index contributed by atoms with van der Waals surface area (Å²) in [6.07, 6.45) is 0. The van der Waals surface area contributed by atoms with Crippen LogP contribution in [0.5, 0.6) is 0 Å². The van der Waals surface area contributed by atoms with Crippen molar-refractivity contribution in [2.45, 2.75) is 12.5 Å². The van der Waals surface area contributed by atoms with E-state index >= 15 is 0 Å². The summed E-state index contributed by atoms with van der Waals surface area (Å²) in [5.41, 5.74) is 5.67. The van der Waals surface area contributed by atoms with E-state index in [1.165, 1.54) is 0 Å². The van der Waals surface area contributed by atoms with E-state index in [0.29, 0.717) is 0 Å². The molecule has 0 aliphatic rings. The van der Waals surface area contributed by atoms with E-state index in [4.69, 9.17) is 17.3 Å². The molecular formula is C12H14ClN5O. The first-order chi connectivity index (χ1) is 9.03. The Hall–Kier alpha value is -1.92. The molecule has 1 unspecified atom stereocenters. The van der Waals surface area contributed by atoms with Crippen LogP contribution >= 0.6 is 11.6 Å². The molecule has 0 bridgehead atoms. The van der Waals surface area contributed by atoms with Crippen LogP contribution in [0.4, 0.5) is 11.9 Å². The van der Waals surface area contributed by atoms with Crippen LogP contribution in [-0.4, -0.2) is 26.7 Å². The van der Waals surface area contributed by atoms with Crippen LogP contribution in [0.15, 0.2) is 30.3 Å². The average Bonchev–Trinajstić information content (AvgIpc) is 2.38. The van der Waals surface area contributed by atoms with Gasteiger partial charge in [-0.1, -0.05) is 30.3 Å². The van der Waals surface area contributed by atoms with Gasteiger partial charge in [0, 0.05) is 0 Å². The molecule has 0 fully saturated rings. The molecule has 4 N–H and O–H groups in total. The first-order valence-electron chi connectivity index (χ1n) is 5.65. The number of aliphatic hydroxyl groups is 1. The molecule has 0 radical (unpaired) electrons. The van der Waals surface area contributed by atoms with Crippen LogP contribution in [0, 0.1) is 0 Å². The summed E-state index contributed by atoms with van der Waals surface area (Å²) in [5.74, 6) is 0.244. The number of benzene rings is 1. The zero-order valence-corrected chi connectivity index (χ0v) is 11.1. The molecule has 2 aromatic rings. The smallest absolute Gasteiger partial charge is 0.229 e. The number of hydrogen-bond donors (Lipinski definition) is 3. The molecule has 1 atom stereocenters. The quantitative estimate of drug-likeness (QED) is 0.783. The maximum atomic E-state index is 9.64. The van der Waals surface area contributed by atoms with Crippen LogP contribution in [-0.2, 0) is 5.54 Å². The fourth-order valence-corrected chi connectivity index (χ4v) is 1.84. The number of nitrogens with two attached hydrogens (primary N) is 1. The van der Waals surface area contributed by atoms with Gasteiger partial charge in [-0.2, -0.15) is 15.0 Å². The molecule has 0 saturated heterocycles. The van der Waals surface area contributed by atoms with E-state index in [0.717, 1.165) is 5.56 Å². The number of rotatable bonds is 4. The molecule has 2 rings (SSSR count). The van der Waals surface area contributed by atoms with Crippen LogP contribution < -0.4 is 11.1 Å². The van der Waals surface area contributed by atoms with Crippen molar-refractivity contribution in [2.75, 3.05) is 17.7 Å². The monoisotopic (exact) mass is 279 g/mol. The first-order valence-corrected chi connectivity index (χ1v) is 6.03. The van der Waals surface area contributed by atoms with Crippen molar-refractivity contribution in [1.82, 2.24) is 15.0 Å². The minimum absolute atomic E-state index is 0.00310. The highest BCUT2D eigenvalue weighted by molar-refractivity contribution is 6.28. The average molecular weight is 280 g/mol. The van der Waals surface area contributed by atoms with Crippen molar-refractivity contribution >= 4 is 23.5 Å². The third kappa shape index (κ3) is 3.10. The summed E-state index contributed by atoms with van der Waals surface area (Å²) in [6.45, 7) is 1.69. The zero-order valence-electron chi connectivity index (χ0n) is 10.3. The standard InChI is InChI=1S/C12H14ClN5O/c1-12(7-19,8-5-3-2-4-6-8)18-11-16-9(13)15-10(14)17-11/h2-6,19H,7H2,1H3,(H3,14,15,16,17,18). The van der Waals surface area contributed by atoms with Crippen molar-refractivity contribution < 1.29 is 5.11 Å². The van der Waals surface area contributed by atoms with Gasteiger partial charge in [-0.15, -0.1) is 0 Å². The van der Waals surface area contributed by atoms with Gasteiger partial charge in [0.1, 0.15) is 0 Å². The predicted octanol–water partition coefficient (Wildman–Crippen LogP) is 1.43. The van der Waals surface area contributed by atoms with E-state index in [-0.39, 0.29) is 23.8 Å². The van der Waals surface area contributed by atoms with Crippen LogP contribution in [0.2, 0.25) is 5.28 Å². The van der Waals surface area contributed by atoms with Gasteiger partial charge in [0.15, 0.2) is 0 Å². The third-order valence-electron chi connectivity index (χ3n) is 2.74. The van der Waals surface area contributed by atoms with Gasteiger partial charge < -0.3 is 16.2 Å². The molecule has 19 heavy (non-hydrogen) atoms. The second-order valence-electron chi connectivity index (χ2n) is 4.27. The summed E-state index contributed by atoms with van der Waals surface area (Å²) < 4.78 is 0. The molecule has 7 heteroatoms. The number of nitrogen functional groups attached to an aromatic ring is 1. The number of nitrogens with zero attached hydrogens (tertiary/aromatic N) is 3. The van der Waals surface area contributed by atoms with E-state index < -0.39 is 5.54 Å². The minimum Gasteiger partial charge on any atom is -0.394 e. The molecule has 0 aliphatic carbocycles. The fraction of sp³-hybridized carbons (Fsp3) is 0.250. The Morgan fingerprint density at radius 3 is 2.53 bits per heavy atom. The molecule has 1 heterocycles. The van der Waals surface area contributed by atoms with Crippen LogP contribution in [0.25, 0.3) is 0 Å². The molecule has 0 saturated carbocycles.